The predicted molar refractivity (Wildman–Crippen MR) is 66.2 cm³/mol. The van der Waals surface area contributed by atoms with Gasteiger partial charge in [-0.15, -0.1) is 0 Å². The summed E-state index contributed by atoms with van der Waals surface area (Å²) in [6, 6.07) is -0.169. The number of hydrogen-bond acceptors (Lipinski definition) is 4. The van der Waals surface area contributed by atoms with Crippen LogP contribution in [0.3, 0.4) is 0 Å². The normalized spacial score (nSPS) is 20.4. The number of hydrogen-bond donors (Lipinski definition) is 1. The van der Waals surface area contributed by atoms with Crippen molar-refractivity contribution in [2.45, 2.75) is 39.3 Å². The molecule has 18 heavy (non-hydrogen) atoms. The van der Waals surface area contributed by atoms with Crippen molar-refractivity contribution in [1.29, 1.82) is 0 Å². The summed E-state index contributed by atoms with van der Waals surface area (Å²) in [5.41, 5.74) is -0.520. The third kappa shape index (κ3) is 4.91. The molecule has 0 spiro atoms. The number of carbonyl (C=O) groups is 2. The molecule has 0 aliphatic carbocycles. The van der Waals surface area contributed by atoms with Crippen LogP contribution in [0.2, 0.25) is 0 Å². The van der Waals surface area contributed by atoms with Crippen LogP contribution in [0.1, 0.15) is 27.7 Å². The molecule has 1 aliphatic heterocycles. The maximum atomic E-state index is 12.0. The summed E-state index contributed by atoms with van der Waals surface area (Å²) in [7, 11) is 0. The van der Waals surface area contributed by atoms with Gasteiger partial charge in [0.1, 0.15) is 5.60 Å². The van der Waals surface area contributed by atoms with Crippen molar-refractivity contribution in [2.24, 2.45) is 0 Å². The molecule has 1 fully saturated rings. The molecule has 0 saturated carbocycles. The van der Waals surface area contributed by atoms with Crippen molar-refractivity contribution in [3.8, 4) is 0 Å². The second kappa shape index (κ2) is 6.04. The molecule has 1 N–H and O–H groups in total. The van der Waals surface area contributed by atoms with Crippen LogP contribution in [0.5, 0.6) is 0 Å². The molecule has 0 aromatic heterocycles. The minimum atomic E-state index is -0.520. The molecule has 1 rings (SSSR count). The van der Waals surface area contributed by atoms with Gasteiger partial charge in [0.2, 0.25) is 5.91 Å². The molecule has 0 aromatic rings. The maximum Gasteiger partial charge on any atom is 0.410 e. The monoisotopic (exact) mass is 258 g/mol. The lowest BCUT2D eigenvalue weighted by Crippen LogP contribution is -2.54. The molecule has 1 saturated heterocycles. The number of ether oxygens (including phenoxy) is 2. The van der Waals surface area contributed by atoms with Crippen LogP contribution in [0.25, 0.3) is 0 Å². The summed E-state index contributed by atoms with van der Waals surface area (Å²) in [5, 5.41) is 2.69. The summed E-state index contributed by atoms with van der Waals surface area (Å²) < 4.78 is 10.7. The number of amides is 2. The van der Waals surface area contributed by atoms with Crippen LogP contribution in [-0.2, 0) is 14.3 Å². The third-order valence-electron chi connectivity index (χ3n) is 2.44. The Labute approximate surface area is 108 Å². The number of carbonyl (C=O) groups excluding carboxylic acids is 2. The van der Waals surface area contributed by atoms with Gasteiger partial charge in [0.15, 0.2) is 0 Å². The van der Waals surface area contributed by atoms with Gasteiger partial charge in [-0.05, 0) is 20.8 Å². The van der Waals surface area contributed by atoms with Crippen LogP contribution in [0, 0.1) is 0 Å². The smallest absolute Gasteiger partial charge is 0.410 e. The Kier molecular flexibility index (Phi) is 4.95. The molecule has 1 aliphatic rings. The number of nitrogens with one attached hydrogen (secondary N) is 1. The van der Waals surface area contributed by atoms with E-state index in [2.05, 4.69) is 5.32 Å². The second-order valence-corrected chi connectivity index (χ2v) is 5.34. The minimum Gasteiger partial charge on any atom is -0.444 e. The van der Waals surface area contributed by atoms with Crippen molar-refractivity contribution < 1.29 is 19.1 Å². The second-order valence-electron chi connectivity index (χ2n) is 5.34. The summed E-state index contributed by atoms with van der Waals surface area (Å²) in [6.45, 7) is 8.71. The fourth-order valence-corrected chi connectivity index (χ4v) is 1.65. The molecule has 6 nitrogen and oxygen atoms in total. The lowest BCUT2D eigenvalue weighted by molar-refractivity contribution is -0.119. The molecule has 104 valence electrons. The Morgan fingerprint density at radius 1 is 1.44 bits per heavy atom. The number of rotatable bonds is 2. The molecule has 0 radical (unpaired) electrons. The highest BCUT2D eigenvalue weighted by Gasteiger charge is 2.30. The van der Waals surface area contributed by atoms with E-state index < -0.39 is 5.60 Å². The first-order valence-electron chi connectivity index (χ1n) is 6.11. The van der Waals surface area contributed by atoms with Crippen molar-refractivity contribution in [1.82, 2.24) is 10.2 Å². The zero-order valence-corrected chi connectivity index (χ0v) is 11.5. The molecular weight excluding hydrogens is 236 g/mol. The van der Waals surface area contributed by atoms with Gasteiger partial charge in [-0.2, -0.15) is 0 Å². The summed E-state index contributed by atoms with van der Waals surface area (Å²) in [5.74, 6) is -0.121. The van der Waals surface area contributed by atoms with E-state index in [4.69, 9.17) is 9.47 Å². The molecule has 6 heteroatoms. The van der Waals surface area contributed by atoms with Gasteiger partial charge in [0.05, 0.1) is 19.3 Å². The quantitative estimate of drug-likeness (QED) is 0.794. The van der Waals surface area contributed by atoms with Crippen molar-refractivity contribution in [2.75, 3.05) is 26.3 Å². The lowest BCUT2D eigenvalue weighted by atomic mass is 10.2. The summed E-state index contributed by atoms with van der Waals surface area (Å²) in [6.07, 6.45) is -0.360. The Morgan fingerprint density at radius 3 is 2.67 bits per heavy atom. The van der Waals surface area contributed by atoms with Crippen LogP contribution in [0.4, 0.5) is 4.79 Å². The van der Waals surface area contributed by atoms with Gasteiger partial charge in [-0.3, -0.25) is 9.69 Å². The molecule has 1 atom stereocenters. The van der Waals surface area contributed by atoms with E-state index in [1.807, 2.05) is 20.8 Å². The Hall–Kier alpha value is -1.30. The van der Waals surface area contributed by atoms with Crippen molar-refractivity contribution >= 4 is 12.0 Å². The van der Waals surface area contributed by atoms with E-state index in [9.17, 15) is 9.59 Å². The van der Waals surface area contributed by atoms with E-state index in [-0.39, 0.29) is 18.0 Å². The minimum absolute atomic E-state index is 0.121. The Bertz CT molecular complexity index is 312. The van der Waals surface area contributed by atoms with Crippen molar-refractivity contribution in [3.05, 3.63) is 0 Å². The van der Waals surface area contributed by atoms with Gasteiger partial charge in [0, 0.05) is 20.0 Å². The lowest BCUT2D eigenvalue weighted by Gasteiger charge is -2.36. The van der Waals surface area contributed by atoms with Crippen LogP contribution in [-0.4, -0.2) is 54.8 Å². The van der Waals surface area contributed by atoms with Gasteiger partial charge in [0.25, 0.3) is 0 Å². The van der Waals surface area contributed by atoms with Crippen LogP contribution >= 0.6 is 0 Å². The average Bonchev–Trinajstić information content (AvgIpc) is 2.24. The zero-order chi connectivity index (χ0) is 13.8. The first-order chi connectivity index (χ1) is 8.29. The molecule has 1 heterocycles. The first kappa shape index (κ1) is 14.8. The van der Waals surface area contributed by atoms with Crippen LogP contribution < -0.4 is 5.32 Å². The predicted octanol–water partition coefficient (Wildman–Crippen LogP) is 0.758. The zero-order valence-electron chi connectivity index (χ0n) is 11.5. The fraction of sp³-hybridized carbons (Fsp3) is 0.833. The van der Waals surface area contributed by atoms with Gasteiger partial charge in [-0.1, -0.05) is 0 Å². The van der Waals surface area contributed by atoms with E-state index in [1.54, 1.807) is 4.90 Å². The maximum absolute atomic E-state index is 12.0. The van der Waals surface area contributed by atoms with E-state index in [0.29, 0.717) is 26.3 Å². The number of nitrogens with zero attached hydrogens (tertiary/aromatic N) is 1. The highest BCUT2D eigenvalue weighted by Crippen LogP contribution is 2.14. The molecule has 0 unspecified atom stereocenters. The van der Waals surface area contributed by atoms with Crippen LogP contribution in [0.15, 0.2) is 0 Å². The van der Waals surface area contributed by atoms with Gasteiger partial charge in [-0.25, -0.2) is 4.79 Å². The molecule has 0 aromatic carbocycles. The standard InChI is InChI=1S/C12H22N2O4/c1-9(15)13-7-10-8-17-6-5-14(10)11(16)18-12(2,3)4/h10H,5-8H2,1-4H3,(H,13,15)/t10-/m0/s1. The highest BCUT2D eigenvalue weighted by molar-refractivity contribution is 5.73. The summed E-state index contributed by atoms with van der Waals surface area (Å²) >= 11 is 0. The highest BCUT2D eigenvalue weighted by atomic mass is 16.6. The molecule has 0 bridgehead atoms. The number of morpholine rings is 1. The van der Waals surface area contributed by atoms with E-state index >= 15 is 0 Å². The topological polar surface area (TPSA) is 67.9 Å². The van der Waals surface area contributed by atoms with E-state index in [0.717, 1.165) is 0 Å². The fourth-order valence-electron chi connectivity index (χ4n) is 1.65. The van der Waals surface area contributed by atoms with Crippen molar-refractivity contribution in [3.63, 3.8) is 0 Å². The molecular formula is C12H22N2O4. The van der Waals surface area contributed by atoms with Gasteiger partial charge < -0.3 is 14.8 Å². The first-order valence-corrected chi connectivity index (χ1v) is 6.11. The Morgan fingerprint density at radius 2 is 2.11 bits per heavy atom. The van der Waals surface area contributed by atoms with E-state index in [1.165, 1.54) is 6.92 Å². The largest absolute Gasteiger partial charge is 0.444 e. The third-order valence-corrected chi connectivity index (χ3v) is 2.44. The molecule has 2 amide bonds. The SMILES string of the molecule is CC(=O)NC[C@H]1COCCN1C(=O)OC(C)(C)C. The average molecular weight is 258 g/mol. The Balaban J connectivity index is 2.58. The van der Waals surface area contributed by atoms with Gasteiger partial charge >= 0.3 is 6.09 Å². The summed E-state index contributed by atoms with van der Waals surface area (Å²) in [4.78, 5) is 24.5.